The Morgan fingerprint density at radius 2 is 2.42 bits per heavy atom. The maximum Gasteiger partial charge on any atom is 0.316 e. The van der Waals surface area contributed by atoms with Crippen LogP contribution in [0.25, 0.3) is 0 Å². The highest BCUT2D eigenvalue weighted by Gasteiger charge is 2.53. The second-order valence-electron chi connectivity index (χ2n) is 3.25. The predicted octanol–water partition coefficient (Wildman–Crippen LogP) is 0.551. The van der Waals surface area contributed by atoms with E-state index in [1.54, 1.807) is 0 Å². The molecule has 0 spiro atoms. The zero-order valence-corrected chi connectivity index (χ0v) is 6.82. The van der Waals surface area contributed by atoms with Crippen molar-refractivity contribution in [1.29, 1.82) is 0 Å². The molecule has 3 unspecified atom stereocenters. The van der Waals surface area contributed by atoms with Crippen LogP contribution in [0.5, 0.6) is 0 Å². The molecular weight excluding hydrogens is 156 g/mol. The summed E-state index contributed by atoms with van der Waals surface area (Å²) >= 11 is 0. The van der Waals surface area contributed by atoms with Gasteiger partial charge in [-0.05, 0) is 6.42 Å². The molecule has 0 heterocycles. The molecule has 12 heavy (non-hydrogen) atoms. The number of fused-ring (bicyclic) bond motifs is 1. The van der Waals surface area contributed by atoms with Crippen LogP contribution in [0.1, 0.15) is 6.42 Å². The standard InChI is InChI=1S/C9H10O3/c1-12-9(11)7-5-3-2-4-6(5)8(7)10/h2-3,5-7H,4H2,1H3. The van der Waals surface area contributed by atoms with Gasteiger partial charge in [-0.3, -0.25) is 9.59 Å². The molecule has 0 N–H and O–H groups in total. The number of esters is 1. The van der Waals surface area contributed by atoms with Gasteiger partial charge < -0.3 is 4.74 Å². The molecule has 0 bridgehead atoms. The number of carbonyl (C=O) groups excluding carboxylic acids is 2. The van der Waals surface area contributed by atoms with E-state index >= 15 is 0 Å². The number of ether oxygens (including phenoxy) is 1. The van der Waals surface area contributed by atoms with Gasteiger partial charge in [-0.15, -0.1) is 0 Å². The summed E-state index contributed by atoms with van der Waals surface area (Å²) in [6.45, 7) is 0. The fraction of sp³-hybridized carbons (Fsp3) is 0.556. The number of ketones is 1. The first-order valence-electron chi connectivity index (χ1n) is 4.04. The van der Waals surface area contributed by atoms with E-state index in [4.69, 9.17) is 0 Å². The Kier molecular flexibility index (Phi) is 1.53. The Morgan fingerprint density at radius 1 is 1.67 bits per heavy atom. The van der Waals surface area contributed by atoms with Gasteiger partial charge in [0.15, 0.2) is 5.78 Å². The summed E-state index contributed by atoms with van der Waals surface area (Å²) in [5.74, 6) is -0.623. The highest BCUT2D eigenvalue weighted by molar-refractivity contribution is 6.06. The van der Waals surface area contributed by atoms with Crippen molar-refractivity contribution in [2.24, 2.45) is 17.8 Å². The lowest BCUT2D eigenvalue weighted by Crippen LogP contribution is -2.49. The van der Waals surface area contributed by atoms with Gasteiger partial charge in [-0.1, -0.05) is 12.2 Å². The molecule has 1 fully saturated rings. The summed E-state index contributed by atoms with van der Waals surface area (Å²) < 4.78 is 4.54. The Labute approximate surface area is 70.4 Å². The van der Waals surface area contributed by atoms with E-state index in [0.29, 0.717) is 0 Å². The lowest BCUT2D eigenvalue weighted by molar-refractivity contribution is -0.160. The van der Waals surface area contributed by atoms with Crippen LogP contribution in [-0.2, 0) is 14.3 Å². The molecule has 2 rings (SSSR count). The molecule has 0 aromatic carbocycles. The Morgan fingerprint density at radius 3 is 3.08 bits per heavy atom. The molecule has 0 aromatic rings. The van der Waals surface area contributed by atoms with Gasteiger partial charge in [0.2, 0.25) is 0 Å². The molecule has 1 saturated carbocycles. The summed E-state index contributed by atoms with van der Waals surface area (Å²) in [6.07, 6.45) is 4.72. The van der Waals surface area contributed by atoms with Gasteiger partial charge in [0, 0.05) is 11.8 Å². The maximum absolute atomic E-state index is 11.3. The van der Waals surface area contributed by atoms with Crippen LogP contribution in [0.3, 0.4) is 0 Å². The van der Waals surface area contributed by atoms with Crippen molar-refractivity contribution in [2.75, 3.05) is 7.11 Å². The summed E-state index contributed by atoms with van der Waals surface area (Å²) in [7, 11) is 1.32. The molecule has 3 heteroatoms. The number of carbonyl (C=O) groups is 2. The van der Waals surface area contributed by atoms with Crippen LogP contribution in [0, 0.1) is 17.8 Å². The maximum atomic E-state index is 11.3. The van der Waals surface area contributed by atoms with Gasteiger partial charge in [0.25, 0.3) is 0 Å². The van der Waals surface area contributed by atoms with Crippen LogP contribution < -0.4 is 0 Å². The lowest BCUT2D eigenvalue weighted by Gasteiger charge is -2.35. The molecule has 0 aromatic heterocycles. The van der Waals surface area contributed by atoms with Crippen molar-refractivity contribution in [3.05, 3.63) is 12.2 Å². The van der Waals surface area contributed by atoms with E-state index in [2.05, 4.69) is 4.74 Å². The molecule has 2 aliphatic rings. The Bertz CT molecular complexity index is 267. The molecular formula is C9H10O3. The molecule has 0 amide bonds. The minimum atomic E-state index is -0.501. The van der Waals surface area contributed by atoms with Crippen molar-refractivity contribution in [2.45, 2.75) is 6.42 Å². The third-order valence-electron chi connectivity index (χ3n) is 2.72. The molecule has 0 saturated heterocycles. The highest BCUT2D eigenvalue weighted by Crippen LogP contribution is 2.44. The number of rotatable bonds is 1. The number of hydrogen-bond donors (Lipinski definition) is 0. The predicted molar refractivity (Wildman–Crippen MR) is 41.3 cm³/mol. The second-order valence-corrected chi connectivity index (χ2v) is 3.25. The van der Waals surface area contributed by atoms with Crippen LogP contribution in [-0.4, -0.2) is 18.9 Å². The average Bonchev–Trinajstić information content (AvgIpc) is 2.48. The first-order valence-corrected chi connectivity index (χ1v) is 4.04. The van der Waals surface area contributed by atoms with Crippen molar-refractivity contribution in [3.8, 4) is 0 Å². The quantitative estimate of drug-likeness (QED) is 0.324. The lowest BCUT2D eigenvalue weighted by atomic mass is 9.65. The third-order valence-corrected chi connectivity index (χ3v) is 2.72. The van der Waals surface area contributed by atoms with Crippen molar-refractivity contribution in [3.63, 3.8) is 0 Å². The van der Waals surface area contributed by atoms with E-state index in [1.165, 1.54) is 7.11 Å². The van der Waals surface area contributed by atoms with E-state index < -0.39 is 5.92 Å². The minimum Gasteiger partial charge on any atom is -0.468 e. The average molecular weight is 166 g/mol. The second kappa shape index (κ2) is 2.44. The first-order chi connectivity index (χ1) is 5.75. The first kappa shape index (κ1) is 7.53. The minimum absolute atomic E-state index is 0.0526. The smallest absolute Gasteiger partial charge is 0.316 e. The molecule has 64 valence electrons. The molecule has 3 nitrogen and oxygen atoms in total. The van der Waals surface area contributed by atoms with Crippen LogP contribution in [0.15, 0.2) is 12.2 Å². The summed E-state index contributed by atoms with van der Waals surface area (Å²) in [6, 6.07) is 0. The molecule has 0 aliphatic heterocycles. The third kappa shape index (κ3) is 0.763. The summed E-state index contributed by atoms with van der Waals surface area (Å²) in [5.41, 5.74) is 0. The van der Waals surface area contributed by atoms with E-state index in [-0.39, 0.29) is 23.6 Å². The van der Waals surface area contributed by atoms with Gasteiger partial charge in [0.1, 0.15) is 5.92 Å². The van der Waals surface area contributed by atoms with Crippen molar-refractivity contribution >= 4 is 11.8 Å². The van der Waals surface area contributed by atoms with Gasteiger partial charge in [-0.2, -0.15) is 0 Å². The van der Waals surface area contributed by atoms with Gasteiger partial charge >= 0.3 is 5.97 Å². The number of methoxy groups -OCH3 is 1. The van der Waals surface area contributed by atoms with E-state index in [0.717, 1.165) is 6.42 Å². The Balaban J connectivity index is 2.14. The normalized spacial score (nSPS) is 37.4. The fourth-order valence-electron chi connectivity index (χ4n) is 2.02. The monoisotopic (exact) mass is 166 g/mol. The SMILES string of the molecule is COC(=O)C1C(=O)C2CC=CC21. The number of allylic oxidation sites excluding steroid dienone is 2. The van der Waals surface area contributed by atoms with E-state index in [1.807, 2.05) is 12.2 Å². The summed E-state index contributed by atoms with van der Waals surface area (Å²) in [4.78, 5) is 22.4. The number of Topliss-reactive ketones (excluding diaryl/α,β-unsaturated/α-hetero) is 1. The zero-order chi connectivity index (χ0) is 8.72. The Hall–Kier alpha value is -1.12. The zero-order valence-electron chi connectivity index (χ0n) is 6.82. The molecule has 0 radical (unpaired) electrons. The largest absolute Gasteiger partial charge is 0.468 e. The highest BCUT2D eigenvalue weighted by atomic mass is 16.5. The van der Waals surface area contributed by atoms with Crippen molar-refractivity contribution < 1.29 is 14.3 Å². The molecule has 2 aliphatic carbocycles. The number of hydrogen-bond acceptors (Lipinski definition) is 3. The fourth-order valence-corrected chi connectivity index (χ4v) is 2.02. The topological polar surface area (TPSA) is 43.4 Å². The van der Waals surface area contributed by atoms with Crippen LogP contribution >= 0.6 is 0 Å². The van der Waals surface area contributed by atoms with Gasteiger partial charge in [0.05, 0.1) is 7.11 Å². The summed E-state index contributed by atoms with van der Waals surface area (Å²) in [5, 5.41) is 0. The van der Waals surface area contributed by atoms with Crippen LogP contribution in [0.4, 0.5) is 0 Å². The molecule has 3 atom stereocenters. The van der Waals surface area contributed by atoms with Gasteiger partial charge in [-0.25, -0.2) is 0 Å². The van der Waals surface area contributed by atoms with Crippen molar-refractivity contribution in [1.82, 2.24) is 0 Å². The van der Waals surface area contributed by atoms with E-state index in [9.17, 15) is 9.59 Å². The van der Waals surface area contributed by atoms with Crippen LogP contribution in [0.2, 0.25) is 0 Å².